The number of nitriles is 1. The van der Waals surface area contributed by atoms with Crippen molar-refractivity contribution in [3.8, 4) is 6.07 Å². The van der Waals surface area contributed by atoms with Crippen LogP contribution in [0, 0.1) is 11.3 Å². The molecule has 3 heterocycles. The third kappa shape index (κ3) is 5.30. The molecule has 1 spiro atoms. The summed E-state index contributed by atoms with van der Waals surface area (Å²) < 4.78 is 45.2. The highest BCUT2D eigenvalue weighted by Gasteiger charge is 2.68. The van der Waals surface area contributed by atoms with Gasteiger partial charge in [-0.2, -0.15) is 5.26 Å². The van der Waals surface area contributed by atoms with Crippen LogP contribution in [0.5, 0.6) is 0 Å². The highest BCUT2D eigenvalue weighted by molar-refractivity contribution is 7.89. The fourth-order valence-electron chi connectivity index (χ4n) is 6.68. The average molecular weight is 649 g/mol. The standard InChI is InChI=1S/C33H36N4O8S/c1-5-8-17-46(41,42)37-25(29(38)43-4)18-33-23-11-9-10-12-24(23)36(20-22-15-13-21(19-34)14-16-22)28(33)26(30(39)44-6-2)27(35-32(33)37)31(40)45-7-3/h9-16,25,28H,5-8,17-18,20H2,1-4H3/t25-,28?,33-/m0/s1. The molecule has 0 N–H and O–H groups in total. The number of carbonyl (C=O) groups excluding carboxylic acids is 3. The summed E-state index contributed by atoms with van der Waals surface area (Å²) in [5.74, 6) is -2.83. The van der Waals surface area contributed by atoms with E-state index in [9.17, 15) is 28.1 Å². The van der Waals surface area contributed by atoms with Crippen molar-refractivity contribution in [1.29, 1.82) is 5.26 Å². The molecule has 0 aromatic heterocycles. The van der Waals surface area contributed by atoms with Crippen LogP contribution in [-0.4, -0.2) is 74.6 Å². The van der Waals surface area contributed by atoms with E-state index >= 15 is 0 Å². The molecule has 0 amide bonds. The Kier molecular flexibility index (Phi) is 9.21. The maximum atomic E-state index is 14.1. The Hall–Kier alpha value is -4.70. The number of sulfonamides is 1. The number of carbonyl (C=O) groups is 3. The molecule has 1 fully saturated rings. The van der Waals surface area contributed by atoms with Crippen molar-refractivity contribution < 1.29 is 37.0 Å². The first-order chi connectivity index (χ1) is 22.1. The van der Waals surface area contributed by atoms with Crippen LogP contribution in [0.1, 0.15) is 56.7 Å². The summed E-state index contributed by atoms with van der Waals surface area (Å²) in [5, 5.41) is 9.34. The van der Waals surface area contributed by atoms with Crippen molar-refractivity contribution in [3.63, 3.8) is 0 Å². The fourth-order valence-corrected chi connectivity index (χ4v) is 8.55. The number of esters is 3. The normalized spacial score (nSPS) is 21.5. The third-order valence-electron chi connectivity index (χ3n) is 8.55. The van der Waals surface area contributed by atoms with Crippen molar-refractivity contribution in [2.45, 2.75) is 64.1 Å². The number of anilines is 1. The summed E-state index contributed by atoms with van der Waals surface area (Å²) >= 11 is 0. The number of aliphatic imine (C=N–C) groups is 1. The Bertz CT molecular complexity index is 1760. The van der Waals surface area contributed by atoms with Gasteiger partial charge in [0.05, 0.1) is 54.7 Å². The quantitative estimate of drug-likeness (QED) is 0.262. The molecule has 0 bridgehead atoms. The van der Waals surface area contributed by atoms with Crippen LogP contribution in [0.3, 0.4) is 0 Å². The fraction of sp³-hybridized carbons (Fsp3) is 0.424. The Labute approximate surface area is 268 Å². The van der Waals surface area contributed by atoms with Gasteiger partial charge < -0.3 is 19.1 Å². The molecule has 3 aliphatic rings. The first-order valence-electron chi connectivity index (χ1n) is 15.2. The zero-order valence-corrected chi connectivity index (χ0v) is 27.0. The summed E-state index contributed by atoms with van der Waals surface area (Å²) in [4.78, 5) is 47.5. The second kappa shape index (κ2) is 13.0. The smallest absolute Gasteiger partial charge is 0.357 e. The minimum Gasteiger partial charge on any atom is -0.467 e. The van der Waals surface area contributed by atoms with Gasteiger partial charge in [-0.05, 0) is 56.0 Å². The Morgan fingerprint density at radius 3 is 2.33 bits per heavy atom. The molecule has 0 radical (unpaired) electrons. The second-order valence-electron chi connectivity index (χ2n) is 11.2. The molecule has 5 rings (SSSR count). The molecular formula is C33H36N4O8S. The largest absolute Gasteiger partial charge is 0.467 e. The first-order valence-corrected chi connectivity index (χ1v) is 16.8. The number of hydrogen-bond donors (Lipinski definition) is 0. The molecule has 0 aliphatic carbocycles. The Balaban J connectivity index is 1.85. The summed E-state index contributed by atoms with van der Waals surface area (Å²) in [5.41, 5.74) is 0.702. The van der Waals surface area contributed by atoms with Crippen molar-refractivity contribution in [2.24, 2.45) is 4.99 Å². The molecular weight excluding hydrogens is 612 g/mol. The van der Waals surface area contributed by atoms with Crippen molar-refractivity contribution in [3.05, 3.63) is 76.5 Å². The monoisotopic (exact) mass is 648 g/mol. The lowest BCUT2D eigenvalue weighted by atomic mass is 9.69. The molecule has 46 heavy (non-hydrogen) atoms. The molecule has 1 unspecified atom stereocenters. The minimum absolute atomic E-state index is 0.000389. The van der Waals surface area contributed by atoms with Gasteiger partial charge in [-0.1, -0.05) is 43.7 Å². The van der Waals surface area contributed by atoms with Crippen molar-refractivity contribution >= 4 is 39.5 Å². The van der Waals surface area contributed by atoms with E-state index in [0.29, 0.717) is 29.7 Å². The highest BCUT2D eigenvalue weighted by Crippen LogP contribution is 2.58. The zero-order valence-electron chi connectivity index (χ0n) is 26.2. The predicted molar refractivity (Wildman–Crippen MR) is 168 cm³/mol. The number of methoxy groups -OCH3 is 1. The molecule has 2 aromatic carbocycles. The predicted octanol–water partition coefficient (Wildman–Crippen LogP) is 3.35. The number of hydrogen-bond acceptors (Lipinski definition) is 11. The number of fused-ring (bicyclic) bond motifs is 1. The molecule has 3 atom stereocenters. The van der Waals surface area contributed by atoms with E-state index in [1.807, 2.05) is 30.0 Å². The lowest BCUT2D eigenvalue weighted by Gasteiger charge is -2.41. The molecule has 13 heteroatoms. The van der Waals surface area contributed by atoms with E-state index in [-0.39, 0.29) is 49.0 Å². The molecule has 3 aliphatic heterocycles. The van der Waals surface area contributed by atoms with Crippen LogP contribution in [-0.2, 0) is 50.6 Å². The van der Waals surface area contributed by atoms with Gasteiger partial charge in [-0.3, -0.25) is 0 Å². The Morgan fingerprint density at radius 2 is 1.70 bits per heavy atom. The molecule has 12 nitrogen and oxygen atoms in total. The van der Waals surface area contributed by atoms with Crippen LogP contribution in [0.2, 0.25) is 0 Å². The summed E-state index contributed by atoms with van der Waals surface area (Å²) in [6, 6.07) is 14.0. The topological polar surface area (TPSA) is 156 Å². The van der Waals surface area contributed by atoms with Crippen LogP contribution >= 0.6 is 0 Å². The van der Waals surface area contributed by atoms with Gasteiger partial charge in [0.15, 0.2) is 5.70 Å². The number of unbranched alkanes of at least 4 members (excludes halogenated alkanes) is 1. The number of rotatable bonds is 11. The van der Waals surface area contributed by atoms with Gasteiger partial charge in [-0.25, -0.2) is 32.1 Å². The van der Waals surface area contributed by atoms with E-state index in [2.05, 4.69) is 11.1 Å². The maximum absolute atomic E-state index is 14.1. The van der Waals surface area contributed by atoms with Crippen LogP contribution in [0.4, 0.5) is 5.69 Å². The Morgan fingerprint density at radius 1 is 1.02 bits per heavy atom. The van der Waals surface area contributed by atoms with Gasteiger partial charge in [0.2, 0.25) is 10.0 Å². The van der Waals surface area contributed by atoms with Crippen LogP contribution in [0.15, 0.2) is 64.8 Å². The van der Waals surface area contributed by atoms with Crippen LogP contribution in [0.25, 0.3) is 0 Å². The van der Waals surface area contributed by atoms with Crippen molar-refractivity contribution in [1.82, 2.24) is 4.31 Å². The second-order valence-corrected chi connectivity index (χ2v) is 13.1. The van der Waals surface area contributed by atoms with E-state index in [4.69, 9.17) is 14.2 Å². The van der Waals surface area contributed by atoms with Crippen molar-refractivity contribution in [2.75, 3.05) is 31.0 Å². The number of nitrogens with zero attached hydrogens (tertiary/aromatic N) is 4. The van der Waals surface area contributed by atoms with Gasteiger partial charge in [0, 0.05) is 12.2 Å². The lowest BCUT2D eigenvalue weighted by Crippen LogP contribution is -2.55. The number of amidine groups is 1. The minimum atomic E-state index is -4.17. The zero-order chi connectivity index (χ0) is 33.2. The molecule has 0 saturated carbocycles. The summed E-state index contributed by atoms with van der Waals surface area (Å²) in [6.07, 6.45) is 0.805. The van der Waals surface area contributed by atoms with E-state index in [1.54, 1.807) is 44.2 Å². The van der Waals surface area contributed by atoms with E-state index in [0.717, 1.165) is 9.87 Å². The van der Waals surface area contributed by atoms with Gasteiger partial charge >= 0.3 is 17.9 Å². The van der Waals surface area contributed by atoms with Gasteiger partial charge in [0.1, 0.15) is 11.9 Å². The van der Waals surface area contributed by atoms with E-state index in [1.165, 1.54) is 7.11 Å². The lowest BCUT2D eigenvalue weighted by molar-refractivity contribution is -0.144. The molecule has 2 aromatic rings. The summed E-state index contributed by atoms with van der Waals surface area (Å²) in [7, 11) is -2.99. The summed E-state index contributed by atoms with van der Waals surface area (Å²) in [6.45, 7) is 5.27. The highest BCUT2D eigenvalue weighted by atomic mass is 32.2. The molecule has 242 valence electrons. The molecule has 1 saturated heterocycles. The number of para-hydroxylation sites is 1. The first kappa shape index (κ1) is 32.7. The van der Waals surface area contributed by atoms with Crippen LogP contribution < -0.4 is 4.90 Å². The third-order valence-corrected chi connectivity index (χ3v) is 10.4. The maximum Gasteiger partial charge on any atom is 0.357 e. The average Bonchev–Trinajstić information content (AvgIpc) is 3.55. The van der Waals surface area contributed by atoms with Gasteiger partial charge in [0.25, 0.3) is 0 Å². The SMILES string of the molecule is CCCCS(=O)(=O)N1C2=NC(C(=O)OCC)=C(C(=O)OCC)C3N(Cc4ccc(C#N)cc4)c4ccccc4[C@]23C[C@H]1C(=O)OC. The number of ether oxygens (including phenoxy) is 3. The van der Waals surface area contributed by atoms with Gasteiger partial charge in [-0.15, -0.1) is 0 Å². The van der Waals surface area contributed by atoms with E-state index < -0.39 is 45.4 Å². The number of benzene rings is 2.